The molecular weight excluding hydrogens is 198 g/mol. The lowest BCUT2D eigenvalue weighted by Crippen LogP contribution is -2.27. The van der Waals surface area contributed by atoms with E-state index in [9.17, 15) is 0 Å². The summed E-state index contributed by atoms with van der Waals surface area (Å²) in [6, 6.07) is 2.49. The molecule has 0 bridgehead atoms. The Labute approximate surface area is 98.5 Å². The molecule has 1 unspecified atom stereocenters. The van der Waals surface area contributed by atoms with Gasteiger partial charge in [0.1, 0.15) is 0 Å². The maximum absolute atomic E-state index is 4.26. The highest BCUT2D eigenvalue weighted by Gasteiger charge is 2.04. The van der Waals surface area contributed by atoms with E-state index in [1.807, 2.05) is 10.9 Å². The lowest BCUT2D eigenvalue weighted by Gasteiger charge is -2.14. The number of hydrogen-bond acceptors (Lipinski definition) is 2. The van der Waals surface area contributed by atoms with Crippen molar-refractivity contribution in [2.24, 2.45) is 0 Å². The van der Waals surface area contributed by atoms with Crippen LogP contribution in [0.2, 0.25) is 0 Å². The van der Waals surface area contributed by atoms with Crippen molar-refractivity contribution in [3.63, 3.8) is 0 Å². The monoisotopic (exact) mass is 221 g/mol. The van der Waals surface area contributed by atoms with Gasteiger partial charge in [-0.05, 0) is 45.9 Å². The Morgan fingerprint density at radius 2 is 2.31 bits per heavy atom. The van der Waals surface area contributed by atoms with Gasteiger partial charge >= 0.3 is 0 Å². The number of nitrogens with zero attached hydrogens (tertiary/aromatic N) is 2. The van der Waals surface area contributed by atoms with Crippen molar-refractivity contribution in [2.75, 3.05) is 6.54 Å². The van der Waals surface area contributed by atoms with Crippen LogP contribution in [0.1, 0.15) is 39.8 Å². The van der Waals surface area contributed by atoms with Gasteiger partial charge in [0.05, 0.1) is 5.69 Å². The van der Waals surface area contributed by atoms with E-state index in [4.69, 9.17) is 0 Å². The minimum atomic E-state index is 0.431. The first-order chi connectivity index (χ1) is 7.69. The fourth-order valence-electron chi connectivity index (χ4n) is 1.61. The number of aryl methyl sites for hydroxylation is 1. The fraction of sp³-hybridized carbons (Fsp3) is 0.615. The first-order valence-electron chi connectivity index (χ1n) is 6.12. The van der Waals surface area contributed by atoms with Crippen molar-refractivity contribution in [3.8, 4) is 0 Å². The number of hydrogen-bond donors (Lipinski definition) is 1. The zero-order chi connectivity index (χ0) is 12.0. The molecule has 3 nitrogen and oxygen atoms in total. The van der Waals surface area contributed by atoms with Gasteiger partial charge in [-0.1, -0.05) is 12.5 Å². The third-order valence-electron chi connectivity index (χ3n) is 2.81. The van der Waals surface area contributed by atoms with Gasteiger partial charge in [-0.15, -0.1) is 0 Å². The van der Waals surface area contributed by atoms with Gasteiger partial charge in [0, 0.05) is 18.8 Å². The van der Waals surface area contributed by atoms with Crippen LogP contribution in [0.5, 0.6) is 0 Å². The molecule has 0 saturated carbocycles. The van der Waals surface area contributed by atoms with Gasteiger partial charge in [0.2, 0.25) is 0 Å². The van der Waals surface area contributed by atoms with E-state index in [1.165, 1.54) is 17.7 Å². The van der Waals surface area contributed by atoms with Crippen molar-refractivity contribution in [2.45, 2.75) is 46.7 Å². The third kappa shape index (κ3) is 3.49. The molecule has 0 aliphatic rings. The van der Waals surface area contributed by atoms with E-state index in [2.05, 4.69) is 50.3 Å². The molecular formula is C13H23N3. The number of rotatable bonds is 6. The zero-order valence-electron chi connectivity index (χ0n) is 10.8. The van der Waals surface area contributed by atoms with Crippen LogP contribution in [-0.4, -0.2) is 22.4 Å². The highest BCUT2D eigenvalue weighted by molar-refractivity contribution is 5.49. The van der Waals surface area contributed by atoms with Gasteiger partial charge in [-0.3, -0.25) is 4.68 Å². The van der Waals surface area contributed by atoms with Crippen molar-refractivity contribution < 1.29 is 0 Å². The minimum Gasteiger partial charge on any atom is -0.311 e. The molecule has 3 heteroatoms. The average molecular weight is 221 g/mol. The predicted molar refractivity (Wildman–Crippen MR) is 69.3 cm³/mol. The normalized spacial score (nSPS) is 14.1. The first-order valence-corrected chi connectivity index (χ1v) is 6.12. The average Bonchev–Trinajstić information content (AvgIpc) is 2.72. The van der Waals surface area contributed by atoms with Gasteiger partial charge < -0.3 is 5.32 Å². The lowest BCUT2D eigenvalue weighted by molar-refractivity contribution is 0.602. The first kappa shape index (κ1) is 13.0. The molecule has 1 rings (SSSR count). The van der Waals surface area contributed by atoms with Crippen molar-refractivity contribution in [1.82, 2.24) is 15.1 Å². The second kappa shape index (κ2) is 6.48. The highest BCUT2D eigenvalue weighted by Crippen LogP contribution is 2.09. The molecule has 0 amide bonds. The SMILES string of the molecule is CCCNC(C)C(C)=Cc1ccnn1CC. The smallest absolute Gasteiger partial charge is 0.0609 e. The van der Waals surface area contributed by atoms with Crippen LogP contribution in [0.4, 0.5) is 0 Å². The van der Waals surface area contributed by atoms with Crippen LogP contribution < -0.4 is 5.32 Å². The highest BCUT2D eigenvalue weighted by atomic mass is 15.3. The standard InChI is InChI=1S/C13H23N3/c1-5-8-14-12(4)11(3)10-13-7-9-15-16(13)6-2/h7,9-10,12,14H,5-6,8H2,1-4H3. The maximum atomic E-state index is 4.26. The Morgan fingerprint density at radius 3 is 2.94 bits per heavy atom. The summed E-state index contributed by atoms with van der Waals surface area (Å²) in [6.45, 7) is 10.7. The maximum Gasteiger partial charge on any atom is 0.0609 e. The molecule has 1 atom stereocenters. The molecule has 0 radical (unpaired) electrons. The van der Waals surface area contributed by atoms with Crippen LogP contribution in [0, 0.1) is 0 Å². The fourth-order valence-corrected chi connectivity index (χ4v) is 1.61. The van der Waals surface area contributed by atoms with Crippen molar-refractivity contribution >= 4 is 6.08 Å². The zero-order valence-corrected chi connectivity index (χ0v) is 10.8. The summed E-state index contributed by atoms with van der Waals surface area (Å²) >= 11 is 0. The predicted octanol–water partition coefficient (Wildman–Crippen LogP) is 2.69. The van der Waals surface area contributed by atoms with E-state index >= 15 is 0 Å². The second-order valence-electron chi connectivity index (χ2n) is 4.14. The van der Waals surface area contributed by atoms with Gasteiger partial charge in [0.15, 0.2) is 0 Å². The molecule has 0 aromatic carbocycles. The molecule has 0 aliphatic carbocycles. The van der Waals surface area contributed by atoms with Gasteiger partial charge in [-0.2, -0.15) is 5.10 Å². The molecule has 0 aliphatic heterocycles. The minimum absolute atomic E-state index is 0.431. The molecule has 90 valence electrons. The van der Waals surface area contributed by atoms with Crippen LogP contribution >= 0.6 is 0 Å². The van der Waals surface area contributed by atoms with Crippen LogP contribution in [0.15, 0.2) is 17.8 Å². The lowest BCUT2D eigenvalue weighted by atomic mass is 10.1. The van der Waals surface area contributed by atoms with Crippen LogP contribution in [0.3, 0.4) is 0 Å². The number of nitrogens with one attached hydrogen (secondary N) is 1. The number of aromatic nitrogens is 2. The largest absolute Gasteiger partial charge is 0.311 e. The summed E-state index contributed by atoms with van der Waals surface area (Å²) in [5, 5.41) is 7.74. The summed E-state index contributed by atoms with van der Waals surface area (Å²) in [5.74, 6) is 0. The van der Waals surface area contributed by atoms with E-state index in [0.717, 1.165) is 13.1 Å². The summed E-state index contributed by atoms with van der Waals surface area (Å²) in [5.41, 5.74) is 2.54. The molecule has 16 heavy (non-hydrogen) atoms. The summed E-state index contributed by atoms with van der Waals surface area (Å²) < 4.78 is 2.01. The van der Waals surface area contributed by atoms with E-state index in [0.29, 0.717) is 6.04 Å². The summed E-state index contributed by atoms with van der Waals surface area (Å²) in [6.07, 6.45) is 5.24. The Balaban J connectivity index is 2.68. The molecule has 0 fully saturated rings. The molecule has 0 spiro atoms. The molecule has 1 aromatic rings. The van der Waals surface area contributed by atoms with E-state index < -0.39 is 0 Å². The molecule has 1 aromatic heterocycles. The van der Waals surface area contributed by atoms with Gasteiger partial charge in [-0.25, -0.2) is 0 Å². The Kier molecular flexibility index (Phi) is 5.26. The van der Waals surface area contributed by atoms with Crippen molar-refractivity contribution in [1.29, 1.82) is 0 Å². The van der Waals surface area contributed by atoms with Crippen molar-refractivity contribution in [3.05, 3.63) is 23.5 Å². The summed E-state index contributed by atoms with van der Waals surface area (Å²) in [4.78, 5) is 0. The molecule has 0 saturated heterocycles. The van der Waals surface area contributed by atoms with E-state index in [1.54, 1.807) is 0 Å². The molecule has 1 N–H and O–H groups in total. The topological polar surface area (TPSA) is 29.9 Å². The van der Waals surface area contributed by atoms with Gasteiger partial charge in [0.25, 0.3) is 0 Å². The van der Waals surface area contributed by atoms with Crippen LogP contribution in [0.25, 0.3) is 6.08 Å². The Morgan fingerprint density at radius 1 is 1.56 bits per heavy atom. The Bertz CT molecular complexity index is 339. The summed E-state index contributed by atoms with van der Waals surface area (Å²) in [7, 11) is 0. The quantitative estimate of drug-likeness (QED) is 0.800. The Hall–Kier alpha value is -1.09. The third-order valence-corrected chi connectivity index (χ3v) is 2.81. The second-order valence-corrected chi connectivity index (χ2v) is 4.14. The molecule has 1 heterocycles. The van der Waals surface area contributed by atoms with Crippen LogP contribution in [-0.2, 0) is 6.54 Å². The van der Waals surface area contributed by atoms with E-state index in [-0.39, 0.29) is 0 Å².